The number of urea groups is 1. The number of esters is 1. The van der Waals surface area contributed by atoms with E-state index in [4.69, 9.17) is 9.47 Å². The van der Waals surface area contributed by atoms with Crippen LogP contribution < -0.4 is 10.1 Å². The summed E-state index contributed by atoms with van der Waals surface area (Å²) in [6, 6.07) is 18.5. The minimum Gasteiger partial charge on any atom is -0.468 e. The van der Waals surface area contributed by atoms with E-state index in [0.717, 1.165) is 11.3 Å². The van der Waals surface area contributed by atoms with Crippen molar-refractivity contribution in [2.45, 2.75) is 25.2 Å². The van der Waals surface area contributed by atoms with Gasteiger partial charge in [0.1, 0.15) is 5.75 Å². The molecule has 170 valence electrons. The highest BCUT2D eigenvalue weighted by Gasteiger charge is 2.44. The summed E-state index contributed by atoms with van der Waals surface area (Å²) in [5.41, 5.74) is 1.65. The lowest BCUT2D eigenvalue weighted by Gasteiger charge is -2.40. The average Bonchev–Trinajstić information content (AvgIpc) is 2.85. The van der Waals surface area contributed by atoms with Crippen LogP contribution in [0.1, 0.15) is 24.1 Å². The molecular formula is C25H26N4O4. The van der Waals surface area contributed by atoms with Crippen LogP contribution in [0.25, 0.3) is 0 Å². The van der Waals surface area contributed by atoms with Gasteiger partial charge in [-0.3, -0.25) is 4.79 Å². The van der Waals surface area contributed by atoms with E-state index in [2.05, 4.69) is 15.3 Å². The predicted octanol–water partition coefficient (Wildman–Crippen LogP) is 4.32. The summed E-state index contributed by atoms with van der Waals surface area (Å²) in [5, 5.41) is 2.91. The quantitative estimate of drug-likeness (QED) is 0.587. The molecule has 0 spiro atoms. The molecule has 1 fully saturated rings. The third-order valence-corrected chi connectivity index (χ3v) is 5.89. The highest BCUT2D eigenvalue weighted by atomic mass is 16.5. The molecule has 4 rings (SSSR count). The van der Waals surface area contributed by atoms with Crippen LogP contribution >= 0.6 is 0 Å². The normalized spacial score (nSPS) is 14.9. The van der Waals surface area contributed by atoms with Gasteiger partial charge in [0.2, 0.25) is 0 Å². The van der Waals surface area contributed by atoms with E-state index < -0.39 is 5.41 Å². The number of amides is 2. The first-order chi connectivity index (χ1) is 16.0. The van der Waals surface area contributed by atoms with Crippen molar-refractivity contribution in [3.8, 4) is 11.8 Å². The monoisotopic (exact) mass is 446 g/mol. The first-order valence-electron chi connectivity index (χ1n) is 10.8. The topological polar surface area (TPSA) is 93.7 Å². The van der Waals surface area contributed by atoms with Gasteiger partial charge in [0.05, 0.1) is 12.5 Å². The van der Waals surface area contributed by atoms with E-state index in [9.17, 15) is 9.59 Å². The van der Waals surface area contributed by atoms with Gasteiger partial charge >= 0.3 is 18.0 Å². The summed E-state index contributed by atoms with van der Waals surface area (Å²) in [6.07, 6.45) is 2.64. The number of hydrogen-bond donors (Lipinski definition) is 1. The van der Waals surface area contributed by atoms with Crippen LogP contribution in [0, 0.1) is 6.92 Å². The summed E-state index contributed by atoms with van der Waals surface area (Å²) in [5.74, 6) is 0.309. The molecule has 8 heteroatoms. The van der Waals surface area contributed by atoms with Crippen LogP contribution in [0.4, 0.5) is 10.5 Å². The van der Waals surface area contributed by atoms with Gasteiger partial charge < -0.3 is 19.7 Å². The van der Waals surface area contributed by atoms with Crippen molar-refractivity contribution in [2.24, 2.45) is 0 Å². The first kappa shape index (κ1) is 22.3. The van der Waals surface area contributed by atoms with E-state index in [1.807, 2.05) is 37.3 Å². The van der Waals surface area contributed by atoms with Crippen LogP contribution in [0.2, 0.25) is 0 Å². The molecule has 2 amide bonds. The number of nitrogens with zero attached hydrogens (tertiary/aromatic N) is 3. The number of piperidine rings is 1. The van der Waals surface area contributed by atoms with Crippen molar-refractivity contribution in [1.82, 2.24) is 14.9 Å². The van der Waals surface area contributed by atoms with Crippen molar-refractivity contribution in [2.75, 3.05) is 25.5 Å². The summed E-state index contributed by atoms with van der Waals surface area (Å²) >= 11 is 0. The molecule has 0 unspecified atom stereocenters. The van der Waals surface area contributed by atoms with Crippen molar-refractivity contribution >= 4 is 17.7 Å². The zero-order valence-corrected chi connectivity index (χ0v) is 18.7. The van der Waals surface area contributed by atoms with Gasteiger partial charge in [-0.1, -0.05) is 30.3 Å². The Morgan fingerprint density at radius 2 is 1.70 bits per heavy atom. The van der Waals surface area contributed by atoms with Gasteiger partial charge in [0.25, 0.3) is 0 Å². The lowest BCUT2D eigenvalue weighted by atomic mass is 9.73. The number of carbonyl (C=O) groups excluding carboxylic acids is 2. The van der Waals surface area contributed by atoms with E-state index in [-0.39, 0.29) is 18.0 Å². The minimum atomic E-state index is -0.732. The molecule has 0 bridgehead atoms. The second kappa shape index (κ2) is 9.68. The highest BCUT2D eigenvalue weighted by molar-refractivity contribution is 5.90. The third kappa shape index (κ3) is 4.95. The Morgan fingerprint density at radius 1 is 1.00 bits per heavy atom. The molecule has 1 saturated heterocycles. The van der Waals surface area contributed by atoms with E-state index in [1.165, 1.54) is 7.11 Å². The molecular weight excluding hydrogens is 420 g/mol. The van der Waals surface area contributed by atoms with Crippen LogP contribution in [0.15, 0.2) is 66.9 Å². The Labute approximate surface area is 192 Å². The van der Waals surface area contributed by atoms with Crippen LogP contribution in [-0.2, 0) is 14.9 Å². The fraction of sp³-hybridized carbons (Fsp3) is 0.280. The second-order valence-electron chi connectivity index (χ2n) is 7.96. The maximum absolute atomic E-state index is 12.8. The molecule has 1 N–H and O–H groups in total. The van der Waals surface area contributed by atoms with Gasteiger partial charge in [-0.2, -0.15) is 0 Å². The summed E-state index contributed by atoms with van der Waals surface area (Å²) < 4.78 is 10.8. The number of aryl methyl sites for hydroxylation is 1. The predicted molar refractivity (Wildman–Crippen MR) is 123 cm³/mol. The molecule has 2 heterocycles. The number of aromatic nitrogens is 2. The Balaban J connectivity index is 1.37. The summed E-state index contributed by atoms with van der Waals surface area (Å²) in [7, 11) is 1.41. The van der Waals surface area contributed by atoms with Gasteiger partial charge in [0.15, 0.2) is 0 Å². The number of ether oxygens (including phenoxy) is 2. The number of nitrogens with one attached hydrogen (secondary N) is 1. The fourth-order valence-electron chi connectivity index (χ4n) is 4.04. The number of hydrogen-bond acceptors (Lipinski definition) is 6. The van der Waals surface area contributed by atoms with E-state index in [1.54, 1.807) is 41.4 Å². The van der Waals surface area contributed by atoms with Crippen molar-refractivity contribution in [3.63, 3.8) is 0 Å². The van der Waals surface area contributed by atoms with Crippen molar-refractivity contribution in [3.05, 3.63) is 78.1 Å². The highest BCUT2D eigenvalue weighted by Crippen LogP contribution is 2.37. The zero-order valence-electron chi connectivity index (χ0n) is 18.7. The number of carbonyl (C=O) groups is 2. The van der Waals surface area contributed by atoms with Crippen LogP contribution in [-0.4, -0.2) is 47.1 Å². The third-order valence-electron chi connectivity index (χ3n) is 5.89. The maximum Gasteiger partial charge on any atom is 0.322 e. The maximum atomic E-state index is 12.8. The van der Waals surface area contributed by atoms with Gasteiger partial charge in [-0.15, -0.1) is 0 Å². The number of benzene rings is 2. The molecule has 2 aromatic carbocycles. The molecule has 0 atom stereocenters. The van der Waals surface area contributed by atoms with E-state index in [0.29, 0.717) is 37.4 Å². The molecule has 8 nitrogen and oxygen atoms in total. The molecule has 0 aliphatic carbocycles. The number of anilines is 1. The van der Waals surface area contributed by atoms with Crippen LogP contribution in [0.3, 0.4) is 0 Å². The van der Waals surface area contributed by atoms with Gasteiger partial charge in [-0.25, -0.2) is 14.8 Å². The lowest BCUT2D eigenvalue weighted by Crippen LogP contribution is -2.50. The standard InChI is InChI=1S/C25H26N4O4/c1-18-12-15-26-23(27-18)33-21-10-8-20(9-11-21)28-24(31)29-16-13-25(14-17-29,22(30)32-2)19-6-4-3-5-7-19/h3-12,15H,13-14,16-17H2,1-2H3,(H,28,31). The fourth-order valence-corrected chi connectivity index (χ4v) is 4.04. The summed E-state index contributed by atoms with van der Waals surface area (Å²) in [4.78, 5) is 35.5. The Kier molecular flexibility index (Phi) is 6.53. The SMILES string of the molecule is COC(=O)C1(c2ccccc2)CCN(C(=O)Nc2ccc(Oc3nccc(C)n3)cc2)CC1. The summed E-state index contributed by atoms with van der Waals surface area (Å²) in [6.45, 7) is 2.76. The molecule has 0 radical (unpaired) electrons. The lowest BCUT2D eigenvalue weighted by molar-refractivity contribution is -0.149. The zero-order chi connectivity index (χ0) is 23.3. The second-order valence-corrected chi connectivity index (χ2v) is 7.96. The Hall–Kier alpha value is -3.94. The molecule has 1 aliphatic heterocycles. The average molecular weight is 447 g/mol. The number of methoxy groups -OCH3 is 1. The van der Waals surface area contributed by atoms with Gasteiger partial charge in [0, 0.05) is 30.7 Å². The van der Waals surface area contributed by atoms with Crippen molar-refractivity contribution < 1.29 is 19.1 Å². The molecule has 33 heavy (non-hydrogen) atoms. The van der Waals surface area contributed by atoms with Crippen LogP contribution in [0.5, 0.6) is 11.8 Å². The first-order valence-corrected chi connectivity index (χ1v) is 10.8. The molecule has 0 saturated carbocycles. The smallest absolute Gasteiger partial charge is 0.322 e. The molecule has 3 aromatic rings. The Bertz CT molecular complexity index is 1110. The molecule has 1 aromatic heterocycles. The number of rotatable bonds is 5. The Morgan fingerprint density at radius 3 is 2.33 bits per heavy atom. The minimum absolute atomic E-state index is 0.211. The molecule has 1 aliphatic rings. The van der Waals surface area contributed by atoms with Gasteiger partial charge in [-0.05, 0) is 55.7 Å². The van der Waals surface area contributed by atoms with Crippen molar-refractivity contribution in [1.29, 1.82) is 0 Å². The largest absolute Gasteiger partial charge is 0.468 e. The van der Waals surface area contributed by atoms with E-state index >= 15 is 0 Å². The number of likely N-dealkylation sites (tertiary alicyclic amines) is 1.